The van der Waals surface area contributed by atoms with E-state index in [1.807, 2.05) is 6.26 Å². The van der Waals surface area contributed by atoms with Gasteiger partial charge in [-0.25, -0.2) is 4.79 Å². The number of anilines is 1. The maximum absolute atomic E-state index is 12.1. The molecule has 102 valence electrons. The second-order valence-corrected chi connectivity index (χ2v) is 5.59. The van der Waals surface area contributed by atoms with Crippen LogP contribution in [0.1, 0.15) is 6.92 Å². The molecule has 0 spiro atoms. The number of hydrogen-bond donors (Lipinski definition) is 0. The van der Waals surface area contributed by atoms with Gasteiger partial charge in [0.05, 0.1) is 0 Å². The van der Waals surface area contributed by atoms with E-state index in [-0.39, 0.29) is 5.13 Å². The van der Waals surface area contributed by atoms with E-state index >= 15 is 0 Å². The molecule has 2 heterocycles. The number of carbonyl (C=O) groups excluding carboxylic acids is 3. The smallest absolute Gasteiger partial charge is 0.336 e. The van der Waals surface area contributed by atoms with Crippen molar-refractivity contribution < 1.29 is 19.1 Å². The van der Waals surface area contributed by atoms with E-state index in [4.69, 9.17) is 4.74 Å². The zero-order valence-electron chi connectivity index (χ0n) is 10.3. The van der Waals surface area contributed by atoms with Gasteiger partial charge in [-0.15, -0.1) is 10.2 Å². The van der Waals surface area contributed by atoms with Crippen LogP contribution in [0.2, 0.25) is 0 Å². The molecule has 3 amide bonds. The number of imide groups is 1. The van der Waals surface area contributed by atoms with Gasteiger partial charge in [-0.05, 0) is 6.26 Å². The summed E-state index contributed by atoms with van der Waals surface area (Å²) in [6.45, 7) is 1.17. The van der Waals surface area contributed by atoms with E-state index in [2.05, 4.69) is 10.2 Å². The highest BCUT2D eigenvalue weighted by Gasteiger charge is 2.47. The Morgan fingerprint density at radius 3 is 2.63 bits per heavy atom. The first-order valence-electron chi connectivity index (χ1n) is 5.11. The lowest BCUT2D eigenvalue weighted by Crippen LogP contribution is -2.35. The topological polar surface area (TPSA) is 92.7 Å². The minimum atomic E-state index is -1.24. The number of amides is 3. The summed E-state index contributed by atoms with van der Waals surface area (Å²) in [6.07, 6.45) is 0.567. The van der Waals surface area contributed by atoms with E-state index in [9.17, 15) is 14.4 Å². The SMILES string of the molecule is CSc1nnc(N2C(=O)C(OC(C)=O)N(C)C2=O)s1. The fourth-order valence-electron chi connectivity index (χ4n) is 1.47. The summed E-state index contributed by atoms with van der Waals surface area (Å²) in [5.74, 6) is -1.28. The molecule has 0 N–H and O–H groups in total. The molecule has 0 saturated carbocycles. The summed E-state index contributed by atoms with van der Waals surface area (Å²) < 4.78 is 5.45. The van der Waals surface area contributed by atoms with E-state index in [1.165, 1.54) is 25.7 Å². The molecule has 2 rings (SSSR count). The third-order valence-electron chi connectivity index (χ3n) is 2.32. The Hall–Kier alpha value is -1.68. The number of carbonyl (C=O) groups is 3. The number of nitrogens with zero attached hydrogens (tertiary/aromatic N) is 4. The predicted octanol–water partition coefficient (Wildman–Crippen LogP) is 0.548. The Labute approximate surface area is 116 Å². The van der Waals surface area contributed by atoms with Crippen LogP contribution >= 0.6 is 23.1 Å². The Kier molecular flexibility index (Phi) is 3.71. The van der Waals surface area contributed by atoms with Crippen molar-refractivity contribution in [2.75, 3.05) is 18.2 Å². The van der Waals surface area contributed by atoms with Crippen LogP contribution in [-0.4, -0.2) is 52.5 Å². The zero-order valence-corrected chi connectivity index (χ0v) is 11.9. The first-order chi connectivity index (χ1) is 8.95. The summed E-state index contributed by atoms with van der Waals surface area (Å²) >= 11 is 2.48. The molecule has 8 nitrogen and oxygen atoms in total. The van der Waals surface area contributed by atoms with Gasteiger partial charge in [0.1, 0.15) is 0 Å². The maximum Gasteiger partial charge on any atom is 0.336 e. The van der Waals surface area contributed by atoms with Gasteiger partial charge >= 0.3 is 12.0 Å². The number of rotatable bonds is 3. The van der Waals surface area contributed by atoms with Gasteiger partial charge in [0.2, 0.25) is 5.13 Å². The van der Waals surface area contributed by atoms with Gasteiger partial charge in [-0.1, -0.05) is 23.1 Å². The molecule has 0 aromatic carbocycles. The van der Waals surface area contributed by atoms with Gasteiger partial charge in [-0.3, -0.25) is 14.5 Å². The Bertz CT molecular complexity index is 546. The maximum atomic E-state index is 12.1. The molecule has 0 radical (unpaired) electrons. The summed E-state index contributed by atoms with van der Waals surface area (Å²) in [5, 5.41) is 7.77. The number of likely N-dealkylation sites (N-methyl/N-ethyl adjacent to an activating group) is 1. The predicted molar refractivity (Wildman–Crippen MR) is 67.9 cm³/mol. The highest BCUT2D eigenvalue weighted by atomic mass is 32.2. The van der Waals surface area contributed by atoms with Gasteiger partial charge in [0.15, 0.2) is 4.34 Å². The van der Waals surface area contributed by atoms with Crippen LogP contribution in [0.3, 0.4) is 0 Å². The molecule has 1 saturated heterocycles. The third-order valence-corrected chi connectivity index (χ3v) is 4.20. The Morgan fingerprint density at radius 2 is 2.11 bits per heavy atom. The first-order valence-corrected chi connectivity index (χ1v) is 7.15. The molecule has 10 heteroatoms. The van der Waals surface area contributed by atoms with Crippen LogP contribution in [0.15, 0.2) is 4.34 Å². The lowest BCUT2D eigenvalue weighted by Gasteiger charge is -2.14. The fraction of sp³-hybridized carbons (Fsp3) is 0.444. The van der Waals surface area contributed by atoms with E-state index in [0.717, 1.165) is 21.1 Å². The average molecular weight is 302 g/mol. The summed E-state index contributed by atoms with van der Waals surface area (Å²) in [7, 11) is 1.38. The molecule has 1 aromatic rings. The van der Waals surface area contributed by atoms with Gasteiger partial charge in [0.25, 0.3) is 12.1 Å². The van der Waals surface area contributed by atoms with Crippen molar-refractivity contribution in [3.05, 3.63) is 0 Å². The fourth-order valence-corrected chi connectivity index (χ4v) is 2.72. The number of esters is 1. The van der Waals surface area contributed by atoms with Crippen LogP contribution in [0.25, 0.3) is 0 Å². The lowest BCUT2D eigenvalue weighted by molar-refractivity contribution is -0.157. The van der Waals surface area contributed by atoms with Crippen molar-refractivity contribution in [2.24, 2.45) is 0 Å². The first kappa shape index (κ1) is 13.7. The quantitative estimate of drug-likeness (QED) is 0.348. The van der Waals surface area contributed by atoms with Crippen molar-refractivity contribution in [2.45, 2.75) is 17.5 Å². The second kappa shape index (κ2) is 5.13. The second-order valence-electron chi connectivity index (χ2n) is 3.58. The highest BCUT2D eigenvalue weighted by Crippen LogP contribution is 2.30. The van der Waals surface area contributed by atoms with Gasteiger partial charge in [-0.2, -0.15) is 4.90 Å². The van der Waals surface area contributed by atoms with E-state index in [1.54, 1.807) is 0 Å². The van der Waals surface area contributed by atoms with Crippen LogP contribution in [0.4, 0.5) is 9.93 Å². The van der Waals surface area contributed by atoms with Crippen molar-refractivity contribution in [3.8, 4) is 0 Å². The number of aromatic nitrogens is 2. The summed E-state index contributed by atoms with van der Waals surface area (Å²) in [5.41, 5.74) is 0. The Balaban J connectivity index is 2.29. The van der Waals surface area contributed by atoms with Crippen molar-refractivity contribution in [3.63, 3.8) is 0 Å². The molecule has 1 fully saturated rings. The number of hydrogen-bond acceptors (Lipinski definition) is 8. The molecule has 1 aliphatic heterocycles. The van der Waals surface area contributed by atoms with Crippen molar-refractivity contribution in [1.29, 1.82) is 0 Å². The Morgan fingerprint density at radius 1 is 1.42 bits per heavy atom. The van der Waals surface area contributed by atoms with Crippen LogP contribution in [0.5, 0.6) is 0 Å². The largest absolute Gasteiger partial charge is 0.432 e. The minimum absolute atomic E-state index is 0.167. The molecule has 0 aliphatic carbocycles. The molecule has 0 bridgehead atoms. The van der Waals surface area contributed by atoms with E-state index < -0.39 is 24.1 Å². The number of ether oxygens (including phenoxy) is 1. The molecular formula is C9H10N4O4S2. The zero-order chi connectivity index (χ0) is 14.2. The van der Waals surface area contributed by atoms with Gasteiger partial charge < -0.3 is 4.74 Å². The van der Waals surface area contributed by atoms with Gasteiger partial charge in [0, 0.05) is 14.0 Å². The lowest BCUT2D eigenvalue weighted by atomic mass is 10.5. The minimum Gasteiger partial charge on any atom is -0.432 e. The summed E-state index contributed by atoms with van der Waals surface area (Å²) in [4.78, 5) is 36.9. The normalized spacial score (nSPS) is 19.2. The highest BCUT2D eigenvalue weighted by molar-refractivity contribution is 8.00. The molecule has 19 heavy (non-hydrogen) atoms. The molecule has 1 atom stereocenters. The molecule has 1 aromatic heterocycles. The summed E-state index contributed by atoms with van der Waals surface area (Å²) in [6, 6.07) is -0.597. The van der Waals surface area contributed by atoms with Crippen LogP contribution in [-0.2, 0) is 14.3 Å². The number of urea groups is 1. The van der Waals surface area contributed by atoms with Crippen molar-refractivity contribution >= 4 is 46.1 Å². The molecule has 1 aliphatic rings. The standard InChI is InChI=1S/C9H10N4O4S2/c1-4(14)17-6-5(15)13(9(16)12(6)2)7-10-11-8(18-3)19-7/h6H,1-3H3. The van der Waals surface area contributed by atoms with Crippen LogP contribution in [0, 0.1) is 0 Å². The third kappa shape index (κ3) is 2.40. The number of thioether (sulfide) groups is 1. The van der Waals surface area contributed by atoms with Crippen molar-refractivity contribution in [1.82, 2.24) is 15.1 Å². The average Bonchev–Trinajstić information content (AvgIpc) is 2.89. The van der Waals surface area contributed by atoms with E-state index in [0.29, 0.717) is 4.34 Å². The monoisotopic (exact) mass is 302 g/mol. The van der Waals surface area contributed by atoms with Crippen LogP contribution < -0.4 is 4.90 Å². The molecule has 1 unspecified atom stereocenters. The molecular weight excluding hydrogens is 292 g/mol.